The van der Waals surface area contributed by atoms with Crippen molar-refractivity contribution in [2.24, 2.45) is 0 Å². The molecule has 2 atom stereocenters. The number of nitrogens with one attached hydrogen (secondary N) is 1. The molecule has 0 amide bonds. The molecule has 0 radical (unpaired) electrons. The highest BCUT2D eigenvalue weighted by atomic mass is 16.3. The summed E-state index contributed by atoms with van der Waals surface area (Å²) in [5, 5.41) is 13.6. The molecule has 0 fully saturated rings. The van der Waals surface area contributed by atoms with Crippen LogP contribution in [0.3, 0.4) is 0 Å². The van der Waals surface area contributed by atoms with Crippen LogP contribution in [0.15, 0.2) is 60.7 Å². The Hall–Kier alpha value is -1.64. The van der Waals surface area contributed by atoms with Gasteiger partial charge in [0, 0.05) is 6.04 Å². The molecule has 94 valence electrons. The molecule has 0 spiro atoms. The van der Waals surface area contributed by atoms with Gasteiger partial charge in [0.15, 0.2) is 0 Å². The summed E-state index contributed by atoms with van der Waals surface area (Å²) in [6.07, 6.45) is 0.323. The number of likely N-dealkylation sites (N-methyl/N-ethyl adjacent to an activating group) is 1. The van der Waals surface area contributed by atoms with Crippen molar-refractivity contribution in [3.63, 3.8) is 0 Å². The molecular weight excluding hydrogens is 222 g/mol. The van der Waals surface area contributed by atoms with Gasteiger partial charge in [0.2, 0.25) is 0 Å². The zero-order valence-electron chi connectivity index (χ0n) is 10.6. The lowest BCUT2D eigenvalue weighted by Crippen LogP contribution is -2.34. The zero-order chi connectivity index (χ0) is 12.8. The SMILES string of the molecule is CNC(Cc1ccccc1)C(O)c1ccccc1. The van der Waals surface area contributed by atoms with Crippen molar-refractivity contribution in [3.8, 4) is 0 Å². The molecule has 2 N–H and O–H groups in total. The van der Waals surface area contributed by atoms with E-state index in [2.05, 4.69) is 17.4 Å². The Kier molecular flexibility index (Phi) is 4.51. The van der Waals surface area contributed by atoms with E-state index in [-0.39, 0.29) is 6.04 Å². The second kappa shape index (κ2) is 6.34. The van der Waals surface area contributed by atoms with Crippen LogP contribution in [0.5, 0.6) is 0 Å². The summed E-state index contributed by atoms with van der Waals surface area (Å²) in [5.41, 5.74) is 2.18. The van der Waals surface area contributed by atoms with Gasteiger partial charge in [0.1, 0.15) is 0 Å². The average molecular weight is 241 g/mol. The number of aliphatic hydroxyl groups excluding tert-OH is 1. The Morgan fingerprint density at radius 1 is 0.944 bits per heavy atom. The fourth-order valence-corrected chi connectivity index (χ4v) is 2.12. The average Bonchev–Trinajstić information content (AvgIpc) is 2.46. The lowest BCUT2D eigenvalue weighted by Gasteiger charge is -2.23. The third-order valence-electron chi connectivity index (χ3n) is 3.19. The highest BCUT2D eigenvalue weighted by molar-refractivity contribution is 5.21. The van der Waals surface area contributed by atoms with Crippen LogP contribution in [0.1, 0.15) is 17.2 Å². The maximum Gasteiger partial charge on any atom is 0.0946 e. The molecule has 0 aliphatic rings. The molecule has 0 aromatic heterocycles. The van der Waals surface area contributed by atoms with E-state index in [1.165, 1.54) is 5.56 Å². The number of benzene rings is 2. The monoisotopic (exact) mass is 241 g/mol. The maximum absolute atomic E-state index is 10.4. The van der Waals surface area contributed by atoms with Crippen molar-refractivity contribution in [3.05, 3.63) is 71.8 Å². The first-order valence-corrected chi connectivity index (χ1v) is 6.25. The molecule has 18 heavy (non-hydrogen) atoms. The predicted octanol–water partition coefficient (Wildman–Crippen LogP) is 2.55. The first-order valence-electron chi connectivity index (χ1n) is 6.25. The number of rotatable bonds is 5. The van der Waals surface area contributed by atoms with Crippen LogP contribution in [-0.2, 0) is 6.42 Å². The molecule has 2 unspecified atom stereocenters. The summed E-state index contributed by atoms with van der Waals surface area (Å²) in [7, 11) is 1.89. The van der Waals surface area contributed by atoms with Gasteiger partial charge < -0.3 is 10.4 Å². The van der Waals surface area contributed by atoms with Crippen LogP contribution in [0.25, 0.3) is 0 Å². The van der Waals surface area contributed by atoms with Gasteiger partial charge in [0.05, 0.1) is 6.10 Å². The molecule has 2 aromatic carbocycles. The number of aliphatic hydroxyl groups is 1. The molecule has 0 saturated carbocycles. The minimum Gasteiger partial charge on any atom is -0.387 e. The van der Waals surface area contributed by atoms with Crippen LogP contribution in [0, 0.1) is 0 Å². The molecule has 2 aromatic rings. The van der Waals surface area contributed by atoms with Crippen molar-refractivity contribution >= 4 is 0 Å². The third kappa shape index (κ3) is 3.19. The summed E-state index contributed by atoms with van der Waals surface area (Å²) < 4.78 is 0. The molecular formula is C16H19NO. The van der Waals surface area contributed by atoms with Gasteiger partial charge in [-0.3, -0.25) is 0 Å². The smallest absolute Gasteiger partial charge is 0.0946 e. The van der Waals surface area contributed by atoms with Crippen molar-refractivity contribution in [2.75, 3.05) is 7.05 Å². The summed E-state index contributed by atoms with van der Waals surface area (Å²) in [4.78, 5) is 0. The molecule has 0 bridgehead atoms. The summed E-state index contributed by atoms with van der Waals surface area (Å²) in [6, 6.07) is 20.0. The summed E-state index contributed by atoms with van der Waals surface area (Å²) >= 11 is 0. The van der Waals surface area contributed by atoms with E-state index >= 15 is 0 Å². The molecule has 2 rings (SSSR count). The van der Waals surface area contributed by atoms with E-state index in [4.69, 9.17) is 0 Å². The van der Waals surface area contributed by atoms with Crippen LogP contribution < -0.4 is 5.32 Å². The fraction of sp³-hybridized carbons (Fsp3) is 0.250. The molecule has 2 nitrogen and oxygen atoms in total. The van der Waals surface area contributed by atoms with Gasteiger partial charge in [-0.25, -0.2) is 0 Å². The first kappa shape index (κ1) is 12.8. The van der Waals surface area contributed by atoms with E-state index in [0.29, 0.717) is 0 Å². The van der Waals surface area contributed by atoms with Crippen LogP contribution in [0.2, 0.25) is 0 Å². The Balaban J connectivity index is 2.09. The number of hydrogen-bond acceptors (Lipinski definition) is 2. The third-order valence-corrected chi connectivity index (χ3v) is 3.19. The minimum absolute atomic E-state index is 0.0230. The van der Waals surface area contributed by atoms with Gasteiger partial charge in [-0.1, -0.05) is 60.7 Å². The Morgan fingerprint density at radius 2 is 1.50 bits per heavy atom. The molecule has 0 aliphatic carbocycles. The number of hydrogen-bond donors (Lipinski definition) is 2. The zero-order valence-corrected chi connectivity index (χ0v) is 10.6. The molecule has 0 aliphatic heterocycles. The second-order valence-corrected chi connectivity index (χ2v) is 4.44. The first-order chi connectivity index (χ1) is 8.81. The van der Waals surface area contributed by atoms with E-state index in [0.717, 1.165) is 12.0 Å². The van der Waals surface area contributed by atoms with Crippen LogP contribution >= 0.6 is 0 Å². The van der Waals surface area contributed by atoms with Gasteiger partial charge in [-0.2, -0.15) is 0 Å². The van der Waals surface area contributed by atoms with Gasteiger partial charge >= 0.3 is 0 Å². The van der Waals surface area contributed by atoms with Gasteiger partial charge in [-0.05, 0) is 24.6 Å². The van der Waals surface area contributed by atoms with Crippen molar-refractivity contribution in [1.29, 1.82) is 0 Å². The summed E-state index contributed by atoms with van der Waals surface area (Å²) in [5.74, 6) is 0. The van der Waals surface area contributed by atoms with Crippen LogP contribution in [0.4, 0.5) is 0 Å². The van der Waals surface area contributed by atoms with Crippen molar-refractivity contribution in [2.45, 2.75) is 18.6 Å². The van der Waals surface area contributed by atoms with Crippen LogP contribution in [-0.4, -0.2) is 18.2 Å². The van der Waals surface area contributed by atoms with E-state index < -0.39 is 6.10 Å². The van der Waals surface area contributed by atoms with Crippen molar-refractivity contribution < 1.29 is 5.11 Å². The second-order valence-electron chi connectivity index (χ2n) is 4.44. The standard InChI is InChI=1S/C16H19NO/c1-17-15(12-13-8-4-2-5-9-13)16(18)14-10-6-3-7-11-14/h2-11,15-18H,12H2,1H3. The highest BCUT2D eigenvalue weighted by Crippen LogP contribution is 2.19. The minimum atomic E-state index is -0.489. The largest absolute Gasteiger partial charge is 0.387 e. The molecule has 0 saturated heterocycles. The quantitative estimate of drug-likeness (QED) is 0.843. The fourth-order valence-electron chi connectivity index (χ4n) is 2.12. The Bertz CT molecular complexity index is 455. The topological polar surface area (TPSA) is 32.3 Å². The Labute approximate surface area is 108 Å². The van der Waals surface area contributed by atoms with Crippen molar-refractivity contribution in [1.82, 2.24) is 5.32 Å². The lowest BCUT2D eigenvalue weighted by molar-refractivity contribution is 0.132. The molecule has 0 heterocycles. The Morgan fingerprint density at radius 3 is 2.06 bits per heavy atom. The lowest BCUT2D eigenvalue weighted by atomic mass is 9.96. The summed E-state index contributed by atoms with van der Waals surface area (Å²) in [6.45, 7) is 0. The van der Waals surface area contributed by atoms with E-state index in [9.17, 15) is 5.11 Å². The highest BCUT2D eigenvalue weighted by Gasteiger charge is 2.19. The normalized spacial score (nSPS) is 14.1. The van der Waals surface area contributed by atoms with Gasteiger partial charge in [-0.15, -0.1) is 0 Å². The predicted molar refractivity (Wildman–Crippen MR) is 74.4 cm³/mol. The maximum atomic E-state index is 10.4. The van der Waals surface area contributed by atoms with E-state index in [1.807, 2.05) is 55.6 Å². The van der Waals surface area contributed by atoms with Gasteiger partial charge in [0.25, 0.3) is 0 Å². The molecule has 2 heteroatoms. The van der Waals surface area contributed by atoms with E-state index in [1.54, 1.807) is 0 Å².